The molecule has 0 spiro atoms. The van der Waals surface area contributed by atoms with Gasteiger partial charge in [0.25, 0.3) is 0 Å². The SMILES string of the molecule is CCN1CCN([C@@H](C)CNc2oc(C)nc2C#N)CC1. The minimum Gasteiger partial charge on any atom is -0.424 e. The molecule has 6 heteroatoms. The van der Waals surface area contributed by atoms with Gasteiger partial charge in [0.1, 0.15) is 6.07 Å². The minimum atomic E-state index is 0.338. The maximum Gasteiger partial charge on any atom is 0.232 e. The lowest BCUT2D eigenvalue weighted by Crippen LogP contribution is -2.51. The van der Waals surface area contributed by atoms with Crippen LogP contribution < -0.4 is 5.32 Å². The van der Waals surface area contributed by atoms with Crippen molar-refractivity contribution in [1.82, 2.24) is 14.8 Å². The fourth-order valence-electron chi connectivity index (χ4n) is 2.51. The Morgan fingerprint density at radius 3 is 2.70 bits per heavy atom. The third kappa shape index (κ3) is 3.50. The number of hydrogen-bond acceptors (Lipinski definition) is 6. The predicted molar refractivity (Wildman–Crippen MR) is 77.6 cm³/mol. The van der Waals surface area contributed by atoms with Gasteiger partial charge in [0.15, 0.2) is 5.89 Å². The molecule has 0 unspecified atom stereocenters. The summed E-state index contributed by atoms with van der Waals surface area (Å²) in [5.41, 5.74) is 0.338. The van der Waals surface area contributed by atoms with Gasteiger partial charge < -0.3 is 14.6 Å². The van der Waals surface area contributed by atoms with E-state index >= 15 is 0 Å². The molecule has 0 saturated carbocycles. The number of nitriles is 1. The maximum absolute atomic E-state index is 8.97. The molecule has 0 amide bonds. The van der Waals surface area contributed by atoms with Crippen molar-refractivity contribution in [2.45, 2.75) is 26.8 Å². The number of hydrogen-bond donors (Lipinski definition) is 1. The Morgan fingerprint density at radius 2 is 2.10 bits per heavy atom. The average Bonchev–Trinajstić information content (AvgIpc) is 2.85. The van der Waals surface area contributed by atoms with E-state index in [0.29, 0.717) is 23.5 Å². The molecular formula is C14H23N5O. The van der Waals surface area contributed by atoms with Crippen LogP contribution in [-0.2, 0) is 0 Å². The van der Waals surface area contributed by atoms with Crippen molar-refractivity contribution in [2.24, 2.45) is 0 Å². The van der Waals surface area contributed by atoms with Crippen molar-refractivity contribution in [3.63, 3.8) is 0 Å². The second kappa shape index (κ2) is 6.73. The van der Waals surface area contributed by atoms with Gasteiger partial charge in [0, 0.05) is 45.7 Å². The number of aryl methyl sites for hydroxylation is 1. The number of anilines is 1. The van der Waals surface area contributed by atoms with Gasteiger partial charge >= 0.3 is 0 Å². The summed E-state index contributed by atoms with van der Waals surface area (Å²) in [5, 5.41) is 12.2. The smallest absolute Gasteiger partial charge is 0.232 e. The fourth-order valence-corrected chi connectivity index (χ4v) is 2.51. The number of rotatable bonds is 5. The van der Waals surface area contributed by atoms with E-state index in [9.17, 15) is 0 Å². The van der Waals surface area contributed by atoms with Gasteiger partial charge in [0.05, 0.1) is 0 Å². The Labute approximate surface area is 120 Å². The summed E-state index contributed by atoms with van der Waals surface area (Å²) in [7, 11) is 0. The summed E-state index contributed by atoms with van der Waals surface area (Å²) >= 11 is 0. The molecular weight excluding hydrogens is 254 g/mol. The average molecular weight is 277 g/mol. The van der Waals surface area contributed by atoms with Crippen LogP contribution in [0.1, 0.15) is 25.4 Å². The summed E-state index contributed by atoms with van der Waals surface area (Å²) in [4.78, 5) is 8.96. The van der Waals surface area contributed by atoms with E-state index in [1.807, 2.05) is 6.07 Å². The second-order valence-corrected chi connectivity index (χ2v) is 5.22. The predicted octanol–water partition coefficient (Wildman–Crippen LogP) is 1.29. The number of nitrogens with one attached hydrogen (secondary N) is 1. The van der Waals surface area contributed by atoms with Gasteiger partial charge in [0.2, 0.25) is 11.6 Å². The van der Waals surface area contributed by atoms with E-state index in [2.05, 4.69) is 33.9 Å². The van der Waals surface area contributed by atoms with Crippen LogP contribution >= 0.6 is 0 Å². The summed E-state index contributed by atoms with van der Waals surface area (Å²) in [6, 6.07) is 2.45. The molecule has 0 radical (unpaired) electrons. The van der Waals surface area contributed by atoms with Crippen LogP contribution in [0.4, 0.5) is 5.88 Å². The van der Waals surface area contributed by atoms with Crippen LogP contribution in [0, 0.1) is 18.3 Å². The van der Waals surface area contributed by atoms with Crippen LogP contribution in [0.25, 0.3) is 0 Å². The van der Waals surface area contributed by atoms with E-state index in [4.69, 9.17) is 9.68 Å². The van der Waals surface area contributed by atoms with Crippen LogP contribution in [-0.4, -0.2) is 60.1 Å². The molecule has 0 aliphatic carbocycles. The molecule has 1 saturated heterocycles. The van der Waals surface area contributed by atoms with Gasteiger partial charge in [-0.3, -0.25) is 4.90 Å². The van der Waals surface area contributed by atoms with E-state index in [1.165, 1.54) is 0 Å². The Balaban J connectivity index is 1.83. The van der Waals surface area contributed by atoms with Gasteiger partial charge in [-0.25, -0.2) is 4.98 Å². The summed E-state index contributed by atoms with van der Waals surface area (Å²) < 4.78 is 5.41. The second-order valence-electron chi connectivity index (χ2n) is 5.22. The lowest BCUT2D eigenvalue weighted by molar-refractivity contribution is 0.110. The van der Waals surface area contributed by atoms with Crippen LogP contribution in [0.3, 0.4) is 0 Å². The number of nitrogens with zero attached hydrogens (tertiary/aromatic N) is 4. The maximum atomic E-state index is 8.97. The molecule has 0 bridgehead atoms. The zero-order chi connectivity index (χ0) is 14.5. The first kappa shape index (κ1) is 14.8. The van der Waals surface area contributed by atoms with E-state index < -0.39 is 0 Å². The summed E-state index contributed by atoms with van der Waals surface area (Å²) in [5.74, 6) is 1.01. The van der Waals surface area contributed by atoms with Crippen molar-refractivity contribution in [3.8, 4) is 6.07 Å². The van der Waals surface area contributed by atoms with Crippen LogP contribution in [0.5, 0.6) is 0 Å². The van der Waals surface area contributed by atoms with Crippen LogP contribution in [0.15, 0.2) is 4.42 Å². The molecule has 1 aromatic heterocycles. The Kier molecular flexibility index (Phi) is 4.99. The molecule has 1 aliphatic rings. The van der Waals surface area contributed by atoms with Gasteiger partial charge in [-0.05, 0) is 13.5 Å². The molecule has 110 valence electrons. The van der Waals surface area contributed by atoms with Crippen molar-refractivity contribution >= 4 is 5.88 Å². The first-order valence-corrected chi connectivity index (χ1v) is 7.21. The summed E-state index contributed by atoms with van der Waals surface area (Å²) in [6.07, 6.45) is 0. The number of likely N-dealkylation sites (N-methyl/N-ethyl adjacent to an activating group) is 1. The highest BCUT2D eigenvalue weighted by molar-refractivity contribution is 5.45. The zero-order valence-electron chi connectivity index (χ0n) is 12.5. The van der Waals surface area contributed by atoms with Gasteiger partial charge in [-0.1, -0.05) is 6.92 Å². The molecule has 2 rings (SSSR count). The number of piperazine rings is 1. The quantitative estimate of drug-likeness (QED) is 0.874. The largest absolute Gasteiger partial charge is 0.424 e. The zero-order valence-corrected chi connectivity index (χ0v) is 12.5. The van der Waals surface area contributed by atoms with E-state index in [1.54, 1.807) is 6.92 Å². The Bertz CT molecular complexity index is 470. The fraction of sp³-hybridized carbons (Fsp3) is 0.714. The first-order chi connectivity index (χ1) is 9.63. The molecule has 0 aromatic carbocycles. The van der Waals surface area contributed by atoms with Crippen molar-refractivity contribution in [3.05, 3.63) is 11.6 Å². The lowest BCUT2D eigenvalue weighted by Gasteiger charge is -2.37. The molecule has 1 N–H and O–H groups in total. The third-order valence-electron chi connectivity index (χ3n) is 3.88. The molecule has 1 fully saturated rings. The topological polar surface area (TPSA) is 68.3 Å². The van der Waals surface area contributed by atoms with Gasteiger partial charge in [-0.2, -0.15) is 5.26 Å². The standard InChI is InChI=1S/C14H23N5O/c1-4-18-5-7-19(8-6-18)11(2)10-16-14-13(9-15)17-12(3)20-14/h11,16H,4-8,10H2,1-3H3/t11-/m0/s1. The van der Waals surface area contributed by atoms with E-state index in [0.717, 1.165) is 39.3 Å². The highest BCUT2D eigenvalue weighted by Gasteiger charge is 2.20. The van der Waals surface area contributed by atoms with Crippen molar-refractivity contribution < 1.29 is 4.42 Å². The monoisotopic (exact) mass is 277 g/mol. The minimum absolute atomic E-state index is 0.338. The Morgan fingerprint density at radius 1 is 1.40 bits per heavy atom. The molecule has 20 heavy (non-hydrogen) atoms. The molecule has 1 aromatic rings. The van der Waals surface area contributed by atoms with Crippen molar-refractivity contribution in [1.29, 1.82) is 5.26 Å². The third-order valence-corrected chi connectivity index (χ3v) is 3.88. The van der Waals surface area contributed by atoms with Crippen LogP contribution in [0.2, 0.25) is 0 Å². The normalized spacial score (nSPS) is 18.7. The lowest BCUT2D eigenvalue weighted by atomic mass is 10.2. The molecule has 6 nitrogen and oxygen atoms in total. The first-order valence-electron chi connectivity index (χ1n) is 7.21. The summed E-state index contributed by atoms with van der Waals surface area (Å²) in [6.45, 7) is 12.5. The number of oxazole rings is 1. The van der Waals surface area contributed by atoms with Crippen molar-refractivity contribution in [2.75, 3.05) is 44.6 Å². The highest BCUT2D eigenvalue weighted by Crippen LogP contribution is 2.16. The highest BCUT2D eigenvalue weighted by atomic mass is 16.4. The van der Waals surface area contributed by atoms with Gasteiger partial charge in [-0.15, -0.1) is 0 Å². The van der Waals surface area contributed by atoms with E-state index in [-0.39, 0.29) is 0 Å². The number of aromatic nitrogens is 1. The Hall–Kier alpha value is -1.58. The molecule has 1 aliphatic heterocycles. The molecule has 2 heterocycles. The molecule has 1 atom stereocenters.